The van der Waals surface area contributed by atoms with Crippen molar-refractivity contribution < 1.29 is 128 Å². The Morgan fingerprint density at radius 1 is 0.701 bits per heavy atom. The van der Waals surface area contributed by atoms with Gasteiger partial charge in [-0.2, -0.15) is 0 Å². The molecule has 11 bridgehead atoms. The zero-order chi connectivity index (χ0) is 78.7. The van der Waals surface area contributed by atoms with Crippen molar-refractivity contribution in [1.29, 1.82) is 0 Å². The van der Waals surface area contributed by atoms with Crippen molar-refractivity contribution >= 4 is 76.5 Å². The number of likely N-dealkylation sites (N-methyl/N-ethyl adjacent to an activating group) is 1. The molecule has 0 aromatic heterocycles. The molecule has 2 saturated heterocycles. The number of aromatic hydroxyl groups is 3. The number of carboxylic acid groups (broad SMARTS) is 2. The van der Waals surface area contributed by atoms with Gasteiger partial charge in [-0.15, -0.1) is 0 Å². The Morgan fingerprint density at radius 2 is 1.28 bits per heavy atom. The van der Waals surface area contributed by atoms with Gasteiger partial charge in [0.05, 0.1) is 41.3 Å². The number of carbonyl (C=O) groups is 9. The highest BCUT2D eigenvalue weighted by atomic mass is 35.5. The van der Waals surface area contributed by atoms with E-state index in [1.807, 2.05) is 13.8 Å². The second kappa shape index (κ2) is 33.6. The molecule has 7 amide bonds. The number of benzene rings is 5. The minimum absolute atomic E-state index is 0.0975. The first-order valence-electron chi connectivity index (χ1n) is 33.2. The molecule has 0 aliphatic carbocycles. The molecule has 107 heavy (non-hydrogen) atoms. The fourth-order valence-electron chi connectivity index (χ4n) is 12.5. The molecular formula is C69H82Cl2N10O26. The first-order chi connectivity index (χ1) is 50.3. The predicted molar refractivity (Wildman–Crippen MR) is 371 cm³/mol. The van der Waals surface area contributed by atoms with Crippen LogP contribution in [0.5, 0.6) is 46.0 Å². The summed E-state index contributed by atoms with van der Waals surface area (Å²) in [6.07, 6.45) is -18.6. The number of hydrogen-bond acceptors (Lipinski definition) is 27. The highest BCUT2D eigenvalue weighted by Gasteiger charge is 2.52. The van der Waals surface area contributed by atoms with Gasteiger partial charge in [0.1, 0.15) is 95.5 Å². The van der Waals surface area contributed by atoms with Crippen LogP contribution in [-0.2, 0) is 57.4 Å². The topological polar surface area (TPSA) is 594 Å². The highest BCUT2D eigenvalue weighted by Crippen LogP contribution is 2.50. The number of aliphatic carboxylic acids is 2. The van der Waals surface area contributed by atoms with Gasteiger partial charge in [0.2, 0.25) is 53.4 Å². The van der Waals surface area contributed by atoms with Crippen LogP contribution in [0, 0.1) is 5.92 Å². The van der Waals surface area contributed by atoms with Crippen molar-refractivity contribution in [2.75, 3.05) is 13.7 Å². The van der Waals surface area contributed by atoms with E-state index in [9.17, 15) is 79.8 Å². The van der Waals surface area contributed by atoms with Crippen LogP contribution >= 0.6 is 23.2 Å². The van der Waals surface area contributed by atoms with Crippen LogP contribution in [0.3, 0.4) is 0 Å². The van der Waals surface area contributed by atoms with Gasteiger partial charge in [0.25, 0.3) is 0 Å². The van der Waals surface area contributed by atoms with Crippen LogP contribution in [0.1, 0.15) is 112 Å². The molecule has 0 spiro atoms. The molecule has 2 fully saturated rings. The van der Waals surface area contributed by atoms with E-state index in [0.29, 0.717) is 0 Å². The number of aliphatic hydroxyl groups is 6. The number of amides is 7. The standard InChI is InChI=1S/C66H75Cl2N9O24.C3H7NO2/c1-23(2)12-34(71-5)58(88)76-49-51(83)26-7-10-38(32(67)14-26)97-40-16-28-17-41(55(40)101-65-56(54(86)53(85)42(22-78)99-65)100-44-21-66(4,70)57(87)24(3)96-44)98-39-11-8-27(15-33(39)68)52(84)50-63(93)75-48(64(94)95)31-18-29(79)19-37(81)45(31)30-13-25(6-9-36(30)80)46(60(90)77-50)74-61(91)47(28)73-59(89)35(20-43(69)82)72-62(49)92;1-2(4)3(5)6/h6-11,13-19,23-24,34-35,42,44,46-54,56-57,65,71,78-81,83-87H,12,20-22,70H2,1-5H3,(H2,69,82)(H,72,92)(H,73,89)(H,74,91)(H,75,93)(H,76,88)(H,77,90)(H,94,95);2H,4H2,1H3,(H,5,6)/t24-,34+,35-,42+,44-,46+,47+,48-,49+,50-,51+,52+,53+,54-,56+,57+,65-,66-;2-/m00/s1. The van der Waals surface area contributed by atoms with Gasteiger partial charge >= 0.3 is 11.9 Å². The lowest BCUT2D eigenvalue weighted by Crippen LogP contribution is -2.64. The number of phenolic OH excluding ortho intramolecular Hbond substituents is 3. The Labute approximate surface area is 618 Å². The van der Waals surface area contributed by atoms with E-state index >= 15 is 14.4 Å². The maximum atomic E-state index is 16.0. The van der Waals surface area contributed by atoms with Crippen LogP contribution in [0.15, 0.2) is 78.9 Å². The van der Waals surface area contributed by atoms with Crippen LogP contribution in [0.25, 0.3) is 11.1 Å². The second-order valence-corrected chi connectivity index (χ2v) is 27.7. The van der Waals surface area contributed by atoms with Gasteiger partial charge in [-0.3, -0.25) is 38.4 Å². The number of hydrogen-bond donors (Lipinski definition) is 21. The van der Waals surface area contributed by atoms with E-state index in [0.717, 1.165) is 66.7 Å². The maximum absolute atomic E-state index is 16.0. The zero-order valence-corrected chi connectivity index (χ0v) is 59.3. The quantitative estimate of drug-likeness (QED) is 0.0668. The molecule has 24 N–H and O–H groups in total. The number of halogens is 2. The van der Waals surface area contributed by atoms with Gasteiger partial charge < -0.3 is 139 Å². The van der Waals surface area contributed by atoms with Crippen LogP contribution in [0.4, 0.5) is 0 Å². The van der Waals surface area contributed by atoms with Crippen molar-refractivity contribution in [3.63, 3.8) is 0 Å². The van der Waals surface area contributed by atoms with E-state index in [1.54, 1.807) is 0 Å². The molecule has 5 aromatic rings. The summed E-state index contributed by atoms with van der Waals surface area (Å²) in [7, 11) is 1.47. The number of aliphatic hydroxyl groups excluding tert-OH is 6. The number of carbonyl (C=O) groups excluding carboxylic acids is 7. The van der Waals surface area contributed by atoms with Crippen molar-refractivity contribution in [2.45, 2.75) is 169 Å². The van der Waals surface area contributed by atoms with Gasteiger partial charge in [-0.1, -0.05) is 55.2 Å². The lowest BCUT2D eigenvalue weighted by Gasteiger charge is -2.47. The van der Waals surface area contributed by atoms with Crippen LogP contribution in [0.2, 0.25) is 10.0 Å². The number of nitrogens with two attached hydrogens (primary N) is 3. The summed E-state index contributed by atoms with van der Waals surface area (Å²) in [6, 6.07) is -1.41. The number of fused-ring (bicyclic) bond motifs is 15. The molecule has 12 rings (SSSR count). The lowest BCUT2D eigenvalue weighted by molar-refractivity contribution is -0.333. The summed E-state index contributed by atoms with van der Waals surface area (Å²) in [5.41, 5.74) is 12.8. The van der Waals surface area contributed by atoms with E-state index in [1.165, 1.54) is 40.0 Å². The van der Waals surface area contributed by atoms with Crippen molar-refractivity contribution in [3.8, 4) is 57.1 Å². The molecule has 0 saturated carbocycles. The summed E-state index contributed by atoms with van der Waals surface area (Å²) in [5.74, 6) is -16.9. The summed E-state index contributed by atoms with van der Waals surface area (Å²) in [5, 5.41) is 138. The number of carboxylic acids is 2. The fraction of sp³-hybridized carbons (Fsp3) is 0.435. The fourth-order valence-corrected chi connectivity index (χ4v) is 12.9. The highest BCUT2D eigenvalue weighted by molar-refractivity contribution is 6.32. The summed E-state index contributed by atoms with van der Waals surface area (Å²) in [4.78, 5) is 126. The van der Waals surface area contributed by atoms with Crippen molar-refractivity contribution in [2.24, 2.45) is 23.1 Å². The second-order valence-electron chi connectivity index (χ2n) is 26.8. The van der Waals surface area contributed by atoms with Crippen molar-refractivity contribution in [3.05, 3.63) is 117 Å². The number of ether oxygens (including phenoxy) is 6. The third kappa shape index (κ3) is 18.3. The monoisotopic (exact) mass is 1540 g/mol. The summed E-state index contributed by atoms with van der Waals surface area (Å²) >= 11 is 14.1. The molecular weight excluding hydrogens is 1460 g/mol. The molecule has 36 nitrogen and oxygen atoms in total. The molecule has 7 aliphatic rings. The smallest absolute Gasteiger partial charge is 0.330 e. The van der Waals surface area contributed by atoms with Crippen LogP contribution in [-0.4, -0.2) is 208 Å². The molecule has 0 unspecified atom stereocenters. The normalized spacial score (nSPS) is 28.6. The third-order valence-electron chi connectivity index (χ3n) is 18.2. The average Bonchev–Trinajstić information content (AvgIpc) is 0.767. The van der Waals surface area contributed by atoms with Gasteiger partial charge in [0.15, 0.2) is 29.9 Å². The first-order valence-corrected chi connectivity index (χ1v) is 34.0. The molecule has 5 aromatic carbocycles. The van der Waals surface area contributed by atoms with Gasteiger partial charge in [-0.05, 0) is 117 Å². The Morgan fingerprint density at radius 3 is 1.83 bits per heavy atom. The first kappa shape index (κ1) is 81.3. The molecule has 578 valence electrons. The summed E-state index contributed by atoms with van der Waals surface area (Å²) in [6.45, 7) is 7.08. The Bertz CT molecular complexity index is 4250. The average molecular weight is 1540 g/mol. The molecule has 7 heterocycles. The Balaban J connectivity index is 0.00000211. The van der Waals surface area contributed by atoms with Gasteiger partial charge in [-0.25, -0.2) is 4.79 Å². The van der Waals surface area contributed by atoms with E-state index in [-0.39, 0.29) is 46.2 Å². The third-order valence-corrected chi connectivity index (χ3v) is 18.8. The molecule has 7 aliphatic heterocycles. The van der Waals surface area contributed by atoms with E-state index in [2.05, 4.69) is 37.2 Å². The zero-order valence-electron chi connectivity index (χ0n) is 57.8. The largest absolute Gasteiger partial charge is 0.508 e. The van der Waals surface area contributed by atoms with E-state index in [4.69, 9.17) is 73.9 Å². The molecule has 38 heteroatoms. The number of rotatable bonds is 14. The predicted octanol–water partition coefficient (Wildman–Crippen LogP) is -0.476. The summed E-state index contributed by atoms with van der Waals surface area (Å²) < 4.78 is 38.3. The minimum atomic E-state index is -2.35. The molecule has 19 atom stereocenters. The Hall–Kier alpha value is -9.77. The lowest BCUT2D eigenvalue weighted by atomic mass is 9.86. The van der Waals surface area contributed by atoms with Crippen LogP contribution < -0.4 is 68.6 Å². The van der Waals surface area contributed by atoms with Gasteiger partial charge in [0, 0.05) is 34.7 Å². The minimum Gasteiger partial charge on any atom is -0.508 e. The van der Waals surface area contributed by atoms with E-state index < -0.39 is 249 Å². The SMILES string of the molecule is CN[C@H](CC(C)C)C(=O)N[C@H]1C(=O)N[C@@H](CC(N)=O)C(=O)N[C@H]2C(=O)N[C@H]3C(=O)N[C@H](C(=O)N[C@H](C(=O)O)c4cc(O)cc(O)c4-c4cc3ccc4O)[C@H](O)c3ccc(c(Cl)c3)Oc3cc2cc(c3O[C@@H]2O[C@H](CO)[C@@H](O)[C@H](O)[C@H]2O[C@H]2C[C@](C)(N)[C@H](O)[C@H](C)O2)Oc2ccc(cc2Cl)[C@H]1O.C[C@H](N)C(=O)O. The number of phenols is 3. The van der Waals surface area contributed by atoms with Crippen molar-refractivity contribution in [1.82, 2.24) is 37.2 Å². The molecule has 0 radical (unpaired) electrons. The number of primary amides is 1. The Kier molecular flexibility index (Phi) is 25.5. The maximum Gasteiger partial charge on any atom is 0.330 e. The number of nitrogens with one attached hydrogen (secondary N) is 7.